The summed E-state index contributed by atoms with van der Waals surface area (Å²) in [6.07, 6.45) is 1.61. The Balaban J connectivity index is 2.29. The van der Waals surface area contributed by atoms with Crippen LogP contribution in [0.4, 0.5) is 0 Å². The Bertz CT molecular complexity index is 787. The molecular formula is C13H16N3O4S+. The molecule has 1 aromatic carbocycles. The zero-order valence-corrected chi connectivity index (χ0v) is 12.5. The second kappa shape index (κ2) is 5.74. The average Bonchev–Trinajstić information content (AvgIpc) is 2.42. The molecule has 8 heteroatoms. The van der Waals surface area contributed by atoms with Crippen LogP contribution < -0.4 is 4.68 Å². The third-order valence-corrected chi connectivity index (χ3v) is 3.62. The minimum atomic E-state index is -4.01. The van der Waals surface area contributed by atoms with Gasteiger partial charge >= 0.3 is 0 Å². The van der Waals surface area contributed by atoms with Gasteiger partial charge in [0, 0.05) is 36.2 Å². The molecule has 0 aliphatic rings. The third kappa shape index (κ3) is 3.96. The van der Waals surface area contributed by atoms with Crippen LogP contribution in [-0.2, 0) is 16.7 Å². The standard InChI is InChI=1S/C13H15N3O4S/c1-15(2)13(17)11-3-4-12-10(9-11)5-6-16(14-12)7-8-21(18,19)20/h3-6,9H,7-8H2,1-2H3/p+1. The maximum absolute atomic E-state index is 11.9. The van der Waals surface area contributed by atoms with Gasteiger partial charge < -0.3 is 4.90 Å². The van der Waals surface area contributed by atoms with Gasteiger partial charge in [0.15, 0.2) is 12.7 Å². The number of carbonyl (C=O) groups excluding carboxylic acids is 1. The van der Waals surface area contributed by atoms with Gasteiger partial charge in [-0.05, 0) is 18.2 Å². The molecule has 0 bridgehead atoms. The molecule has 0 radical (unpaired) electrons. The number of aromatic nitrogens is 2. The van der Waals surface area contributed by atoms with Crippen molar-refractivity contribution in [2.75, 3.05) is 19.8 Å². The van der Waals surface area contributed by atoms with Gasteiger partial charge in [0.25, 0.3) is 16.0 Å². The molecule has 0 atom stereocenters. The molecule has 2 rings (SSSR count). The number of hydrogen-bond donors (Lipinski definition) is 1. The molecule has 0 spiro atoms. The molecule has 0 saturated heterocycles. The van der Waals surface area contributed by atoms with E-state index in [1.807, 2.05) is 0 Å². The van der Waals surface area contributed by atoms with Crippen LogP contribution in [0.2, 0.25) is 0 Å². The summed E-state index contributed by atoms with van der Waals surface area (Å²) in [5.74, 6) is -0.493. The van der Waals surface area contributed by atoms with E-state index in [0.29, 0.717) is 11.1 Å². The monoisotopic (exact) mass is 310 g/mol. The van der Waals surface area contributed by atoms with E-state index in [9.17, 15) is 13.2 Å². The summed E-state index contributed by atoms with van der Waals surface area (Å²) in [5, 5.41) is 5.02. The number of hydrogen-bond acceptors (Lipinski definition) is 4. The van der Waals surface area contributed by atoms with E-state index in [1.165, 1.54) is 9.58 Å². The van der Waals surface area contributed by atoms with E-state index in [2.05, 4.69) is 5.10 Å². The molecule has 1 amide bonds. The Labute approximate surface area is 122 Å². The third-order valence-electron chi connectivity index (χ3n) is 2.92. The first-order valence-corrected chi connectivity index (χ1v) is 7.84. The lowest BCUT2D eigenvalue weighted by molar-refractivity contribution is -0.747. The van der Waals surface area contributed by atoms with Crippen LogP contribution in [0.15, 0.2) is 30.5 Å². The number of nitrogens with zero attached hydrogens (tertiary/aromatic N) is 3. The largest absolute Gasteiger partial charge is 0.345 e. The number of amides is 1. The van der Waals surface area contributed by atoms with Crippen LogP contribution in [0.5, 0.6) is 0 Å². The molecule has 0 aliphatic carbocycles. The van der Waals surface area contributed by atoms with E-state index in [0.717, 1.165) is 5.39 Å². The predicted octanol–water partition coefficient (Wildman–Crippen LogP) is 0.112. The second-order valence-corrected chi connectivity index (χ2v) is 6.41. The Morgan fingerprint density at radius 1 is 1.33 bits per heavy atom. The molecule has 0 fully saturated rings. The lowest BCUT2D eigenvalue weighted by Crippen LogP contribution is -2.40. The van der Waals surface area contributed by atoms with Crippen molar-refractivity contribution < 1.29 is 22.4 Å². The Kier molecular flexibility index (Phi) is 4.19. The van der Waals surface area contributed by atoms with Crippen LogP contribution in [0.1, 0.15) is 10.4 Å². The number of fused-ring (bicyclic) bond motifs is 1. The van der Waals surface area contributed by atoms with Crippen LogP contribution in [0.3, 0.4) is 0 Å². The summed E-state index contributed by atoms with van der Waals surface area (Å²) >= 11 is 0. The quantitative estimate of drug-likeness (QED) is 0.639. The van der Waals surface area contributed by atoms with Gasteiger partial charge in [0.05, 0.1) is 0 Å². The van der Waals surface area contributed by atoms with Crippen molar-refractivity contribution in [2.24, 2.45) is 0 Å². The van der Waals surface area contributed by atoms with Gasteiger partial charge in [-0.1, -0.05) is 4.68 Å². The fourth-order valence-corrected chi connectivity index (χ4v) is 2.26. The first-order valence-electron chi connectivity index (χ1n) is 6.23. The molecule has 0 saturated carbocycles. The van der Waals surface area contributed by atoms with E-state index in [-0.39, 0.29) is 12.5 Å². The van der Waals surface area contributed by atoms with Crippen molar-refractivity contribution in [1.29, 1.82) is 0 Å². The SMILES string of the molecule is CN(C)C(=O)c1ccc2n[n+](CCS(=O)(=O)O)ccc2c1. The summed E-state index contributed by atoms with van der Waals surface area (Å²) in [4.78, 5) is 13.4. The van der Waals surface area contributed by atoms with E-state index in [4.69, 9.17) is 4.55 Å². The van der Waals surface area contributed by atoms with Crippen LogP contribution in [-0.4, -0.2) is 48.7 Å². The Morgan fingerprint density at radius 3 is 2.67 bits per heavy atom. The molecule has 2 aromatic rings. The highest BCUT2D eigenvalue weighted by molar-refractivity contribution is 7.85. The summed E-state index contributed by atoms with van der Waals surface area (Å²) in [6.45, 7) is 0.0627. The van der Waals surface area contributed by atoms with Gasteiger partial charge in [0.1, 0.15) is 11.3 Å². The number of benzene rings is 1. The number of carbonyl (C=O) groups is 1. The maximum Gasteiger partial charge on any atom is 0.271 e. The topological polar surface area (TPSA) is 91.5 Å². The van der Waals surface area contributed by atoms with Gasteiger partial charge in [0.2, 0.25) is 0 Å². The fraction of sp³-hybridized carbons (Fsp3) is 0.308. The molecule has 1 aromatic heterocycles. The molecule has 1 N–H and O–H groups in total. The van der Waals surface area contributed by atoms with Crippen LogP contribution in [0, 0.1) is 0 Å². The van der Waals surface area contributed by atoms with E-state index >= 15 is 0 Å². The van der Waals surface area contributed by atoms with E-state index in [1.54, 1.807) is 44.6 Å². The van der Waals surface area contributed by atoms with Crippen molar-refractivity contribution >= 4 is 26.9 Å². The highest BCUT2D eigenvalue weighted by Gasteiger charge is 2.13. The Morgan fingerprint density at radius 2 is 2.05 bits per heavy atom. The predicted molar refractivity (Wildman–Crippen MR) is 76.4 cm³/mol. The van der Waals surface area contributed by atoms with E-state index < -0.39 is 15.9 Å². The van der Waals surface area contributed by atoms with Crippen LogP contribution >= 0.6 is 0 Å². The van der Waals surface area contributed by atoms with Crippen molar-refractivity contribution in [3.8, 4) is 0 Å². The lowest BCUT2D eigenvalue weighted by Gasteiger charge is -2.10. The minimum Gasteiger partial charge on any atom is -0.345 e. The van der Waals surface area contributed by atoms with Crippen molar-refractivity contribution in [1.82, 2.24) is 10.00 Å². The zero-order valence-electron chi connectivity index (χ0n) is 11.7. The first-order chi connectivity index (χ1) is 9.76. The first kappa shape index (κ1) is 15.3. The normalized spacial score (nSPS) is 11.6. The fourth-order valence-electron chi connectivity index (χ4n) is 1.84. The van der Waals surface area contributed by atoms with Gasteiger partial charge in [-0.15, -0.1) is 0 Å². The zero-order chi connectivity index (χ0) is 15.6. The second-order valence-electron chi connectivity index (χ2n) is 4.84. The lowest BCUT2D eigenvalue weighted by atomic mass is 10.1. The van der Waals surface area contributed by atoms with Crippen LogP contribution in [0.25, 0.3) is 10.9 Å². The molecule has 0 aliphatic heterocycles. The highest BCUT2D eigenvalue weighted by atomic mass is 32.2. The van der Waals surface area contributed by atoms with Crippen molar-refractivity contribution in [3.63, 3.8) is 0 Å². The molecule has 7 nitrogen and oxygen atoms in total. The molecule has 1 heterocycles. The summed E-state index contributed by atoms with van der Waals surface area (Å²) < 4.78 is 31.6. The van der Waals surface area contributed by atoms with Gasteiger partial charge in [-0.2, -0.15) is 8.42 Å². The molecule has 112 valence electrons. The van der Waals surface area contributed by atoms with Gasteiger partial charge in [-0.25, -0.2) is 0 Å². The average molecular weight is 310 g/mol. The highest BCUT2D eigenvalue weighted by Crippen LogP contribution is 2.13. The Hall–Kier alpha value is -2.06. The number of rotatable bonds is 4. The summed E-state index contributed by atoms with van der Waals surface area (Å²) in [5.41, 5.74) is 1.20. The van der Waals surface area contributed by atoms with Gasteiger partial charge in [-0.3, -0.25) is 9.35 Å². The summed E-state index contributed by atoms with van der Waals surface area (Å²) in [6, 6.07) is 6.86. The minimum absolute atomic E-state index is 0.0627. The smallest absolute Gasteiger partial charge is 0.271 e. The molecule has 0 unspecified atom stereocenters. The molecule has 21 heavy (non-hydrogen) atoms. The van der Waals surface area contributed by atoms with Crippen molar-refractivity contribution in [2.45, 2.75) is 6.54 Å². The summed E-state index contributed by atoms with van der Waals surface area (Å²) in [7, 11) is -0.655. The maximum atomic E-state index is 11.9. The molecular weight excluding hydrogens is 294 g/mol. The number of aryl methyl sites for hydroxylation is 1. The van der Waals surface area contributed by atoms with Crippen molar-refractivity contribution in [3.05, 3.63) is 36.0 Å².